The molecule has 0 saturated carbocycles. The summed E-state index contributed by atoms with van der Waals surface area (Å²) < 4.78 is 0. The average Bonchev–Trinajstić information content (AvgIpc) is 2.34. The first-order chi connectivity index (χ1) is 8.74. The molecular weight excluding hydrogens is 248 g/mol. The van der Waals surface area contributed by atoms with Gasteiger partial charge in [-0.05, 0) is 17.2 Å². The van der Waals surface area contributed by atoms with E-state index in [9.17, 15) is 4.79 Å². The van der Waals surface area contributed by atoms with E-state index in [1.165, 1.54) is 0 Å². The van der Waals surface area contributed by atoms with E-state index in [0.29, 0.717) is 5.56 Å². The van der Waals surface area contributed by atoms with Gasteiger partial charge in [-0.1, -0.05) is 70.1 Å². The first-order valence-corrected chi connectivity index (χ1v) is 9.53. The molecule has 1 aromatic rings. The van der Waals surface area contributed by atoms with Crippen LogP contribution in [-0.4, -0.2) is 13.9 Å². The Morgan fingerprint density at radius 1 is 1.16 bits per heavy atom. The van der Waals surface area contributed by atoms with Gasteiger partial charge in [-0.25, -0.2) is 0 Å². The molecule has 1 rings (SSSR count). The van der Waals surface area contributed by atoms with Crippen LogP contribution >= 0.6 is 0 Å². The van der Waals surface area contributed by atoms with Gasteiger partial charge in [0.2, 0.25) is 0 Å². The van der Waals surface area contributed by atoms with Crippen LogP contribution in [0.5, 0.6) is 0 Å². The average molecular weight is 270 g/mol. The van der Waals surface area contributed by atoms with Crippen LogP contribution in [0.25, 0.3) is 0 Å². The van der Waals surface area contributed by atoms with E-state index in [0.717, 1.165) is 0 Å². The Labute approximate surface area is 117 Å². The topological polar surface area (TPSA) is 17.1 Å². The molecule has 0 bridgehead atoms. The van der Waals surface area contributed by atoms with Crippen LogP contribution in [0.4, 0.5) is 0 Å². The molecule has 0 unspecified atom stereocenters. The smallest absolute Gasteiger partial charge is 0.186 e. The summed E-state index contributed by atoms with van der Waals surface area (Å²) in [5.41, 5.74) is 4.06. The molecular formula is C17H22OSi. The van der Waals surface area contributed by atoms with Crippen LogP contribution in [0.15, 0.2) is 42.5 Å². The van der Waals surface area contributed by atoms with Crippen molar-refractivity contribution in [3.05, 3.63) is 48.0 Å². The lowest BCUT2D eigenvalue weighted by Crippen LogP contribution is -2.35. The van der Waals surface area contributed by atoms with Crippen molar-refractivity contribution >= 4 is 13.9 Å². The highest BCUT2D eigenvalue weighted by Gasteiger charge is 2.33. The molecule has 0 fully saturated rings. The van der Waals surface area contributed by atoms with Crippen molar-refractivity contribution < 1.29 is 4.79 Å². The van der Waals surface area contributed by atoms with Crippen molar-refractivity contribution in [2.24, 2.45) is 0 Å². The molecule has 0 aliphatic rings. The highest BCUT2D eigenvalue weighted by atomic mass is 28.3. The summed E-state index contributed by atoms with van der Waals surface area (Å²) >= 11 is 0. The van der Waals surface area contributed by atoms with Gasteiger partial charge < -0.3 is 0 Å². The number of hydrogen-bond acceptors (Lipinski definition) is 1. The lowest BCUT2D eigenvalue weighted by Gasteiger charge is -2.31. The van der Waals surface area contributed by atoms with Gasteiger partial charge >= 0.3 is 0 Å². The number of rotatable bonds is 2. The standard InChI is InChI=1S/C17H22OSi/c1-17(2,3)19(4,5)14-10-9-13-16(18)15-11-7-6-8-12-15/h6-9,11-13H,1-5H3/b13-9-. The molecule has 2 heteroatoms. The molecule has 0 N–H and O–H groups in total. The SMILES string of the molecule is CC(C)(C)[Si](C)(C)C#C/C=C\C(=O)c1ccccc1. The van der Waals surface area contributed by atoms with Crippen LogP contribution in [0.2, 0.25) is 18.1 Å². The van der Waals surface area contributed by atoms with Crippen LogP contribution in [-0.2, 0) is 0 Å². The predicted octanol–water partition coefficient (Wildman–Crippen LogP) is 4.48. The van der Waals surface area contributed by atoms with E-state index in [-0.39, 0.29) is 10.8 Å². The maximum atomic E-state index is 11.8. The maximum absolute atomic E-state index is 11.8. The highest BCUT2D eigenvalue weighted by Crippen LogP contribution is 2.34. The molecule has 0 aliphatic carbocycles. The van der Waals surface area contributed by atoms with Crippen LogP contribution in [0.1, 0.15) is 31.1 Å². The minimum absolute atomic E-state index is 0.00475. The van der Waals surface area contributed by atoms with E-state index in [2.05, 4.69) is 45.3 Å². The zero-order valence-corrected chi connectivity index (χ0v) is 13.4. The summed E-state index contributed by atoms with van der Waals surface area (Å²) in [5.74, 6) is 3.05. The lowest BCUT2D eigenvalue weighted by molar-refractivity contribution is 0.104. The minimum atomic E-state index is -1.58. The van der Waals surface area contributed by atoms with Gasteiger partial charge in [-0.3, -0.25) is 4.79 Å². The predicted molar refractivity (Wildman–Crippen MR) is 84.9 cm³/mol. The van der Waals surface area contributed by atoms with Crippen LogP contribution in [0, 0.1) is 11.5 Å². The second-order valence-corrected chi connectivity index (χ2v) is 11.2. The molecule has 0 heterocycles. The number of ketones is 1. The third-order valence-corrected chi connectivity index (χ3v) is 8.16. The molecule has 19 heavy (non-hydrogen) atoms. The second-order valence-electron chi connectivity index (χ2n) is 6.21. The minimum Gasteiger partial charge on any atom is -0.289 e. The molecule has 0 saturated heterocycles. The number of hydrogen-bond donors (Lipinski definition) is 0. The molecule has 0 atom stereocenters. The third-order valence-electron chi connectivity index (χ3n) is 3.64. The van der Waals surface area contributed by atoms with Crippen LogP contribution < -0.4 is 0 Å². The second kappa shape index (κ2) is 6.03. The first-order valence-electron chi connectivity index (χ1n) is 6.53. The summed E-state index contributed by atoms with van der Waals surface area (Å²) in [4.78, 5) is 11.8. The van der Waals surface area contributed by atoms with Gasteiger partial charge in [0, 0.05) is 5.56 Å². The molecule has 0 amide bonds. The van der Waals surface area contributed by atoms with Gasteiger partial charge in [0.05, 0.1) is 0 Å². The number of benzene rings is 1. The third kappa shape index (κ3) is 4.53. The highest BCUT2D eigenvalue weighted by molar-refractivity contribution is 6.87. The van der Waals surface area contributed by atoms with Crippen molar-refractivity contribution in [2.45, 2.75) is 38.9 Å². The summed E-state index contributed by atoms with van der Waals surface area (Å²) in [6.45, 7) is 11.2. The van der Waals surface area contributed by atoms with Crippen molar-refractivity contribution in [2.75, 3.05) is 0 Å². The Bertz CT molecular complexity index is 522. The van der Waals surface area contributed by atoms with Gasteiger partial charge in [0.1, 0.15) is 8.07 Å². The summed E-state index contributed by atoms with van der Waals surface area (Å²) in [5, 5.41) is 0.247. The van der Waals surface area contributed by atoms with Gasteiger partial charge in [0.25, 0.3) is 0 Å². The van der Waals surface area contributed by atoms with Crippen molar-refractivity contribution in [3.8, 4) is 11.5 Å². The van der Waals surface area contributed by atoms with Crippen molar-refractivity contribution in [1.82, 2.24) is 0 Å². The zero-order chi connectivity index (χ0) is 14.5. The Balaban J connectivity index is 2.74. The molecule has 1 nitrogen and oxygen atoms in total. The van der Waals surface area contributed by atoms with Gasteiger partial charge in [0.15, 0.2) is 5.78 Å². The van der Waals surface area contributed by atoms with E-state index in [1.807, 2.05) is 30.3 Å². The van der Waals surface area contributed by atoms with E-state index < -0.39 is 8.07 Å². The van der Waals surface area contributed by atoms with Gasteiger partial charge in [-0.15, -0.1) is 5.54 Å². The number of allylic oxidation sites excluding steroid dienone is 2. The van der Waals surface area contributed by atoms with Gasteiger partial charge in [-0.2, -0.15) is 0 Å². The monoisotopic (exact) mass is 270 g/mol. The lowest BCUT2D eigenvalue weighted by atomic mass is 10.1. The Kier molecular flexibility index (Phi) is 4.91. The summed E-state index contributed by atoms with van der Waals surface area (Å²) in [7, 11) is -1.58. The summed E-state index contributed by atoms with van der Waals surface area (Å²) in [6, 6.07) is 9.25. The van der Waals surface area contributed by atoms with E-state index >= 15 is 0 Å². The maximum Gasteiger partial charge on any atom is 0.186 e. The largest absolute Gasteiger partial charge is 0.289 e. The molecule has 0 aromatic heterocycles. The summed E-state index contributed by atoms with van der Waals surface area (Å²) in [6.07, 6.45) is 3.23. The number of carbonyl (C=O) groups is 1. The number of carbonyl (C=O) groups excluding carboxylic acids is 1. The van der Waals surface area contributed by atoms with E-state index in [1.54, 1.807) is 12.2 Å². The Morgan fingerprint density at radius 3 is 2.26 bits per heavy atom. The zero-order valence-electron chi connectivity index (χ0n) is 12.4. The van der Waals surface area contributed by atoms with Crippen molar-refractivity contribution in [3.63, 3.8) is 0 Å². The van der Waals surface area contributed by atoms with Crippen LogP contribution in [0.3, 0.4) is 0 Å². The fourth-order valence-corrected chi connectivity index (χ4v) is 2.04. The molecule has 100 valence electrons. The fraction of sp³-hybridized carbons (Fsp3) is 0.353. The molecule has 1 aromatic carbocycles. The Morgan fingerprint density at radius 2 is 1.74 bits per heavy atom. The normalized spacial score (nSPS) is 12.1. The molecule has 0 radical (unpaired) electrons. The quantitative estimate of drug-likeness (QED) is 0.335. The molecule has 0 spiro atoms. The van der Waals surface area contributed by atoms with E-state index in [4.69, 9.17) is 0 Å². The fourth-order valence-electron chi connectivity index (χ4n) is 1.23. The Hall–Kier alpha value is -1.59. The van der Waals surface area contributed by atoms with Crippen molar-refractivity contribution in [1.29, 1.82) is 0 Å². The molecule has 0 aliphatic heterocycles. The first kappa shape index (κ1) is 15.5.